The van der Waals surface area contributed by atoms with Gasteiger partial charge in [0, 0.05) is 35.3 Å². The Hall–Kier alpha value is -4.60. The van der Waals surface area contributed by atoms with Gasteiger partial charge >= 0.3 is 5.97 Å². The number of carboxylic acids is 1. The fraction of sp³-hybridized carbons (Fsp3) is 0.0909. The molecule has 0 amide bonds. The van der Waals surface area contributed by atoms with Gasteiger partial charge in [0.1, 0.15) is 6.61 Å². The number of carboxylic acid groups (broad SMARTS) is 1. The molecule has 0 saturated carbocycles. The molecule has 0 aliphatic carbocycles. The fourth-order valence-electron chi connectivity index (χ4n) is 3.01. The van der Waals surface area contributed by atoms with Crippen LogP contribution in [0.25, 0.3) is 16.9 Å². The number of hydrogen-bond acceptors (Lipinski definition) is 7. The van der Waals surface area contributed by atoms with Crippen molar-refractivity contribution in [3.05, 3.63) is 95.0 Å². The number of benzene rings is 1. The molecule has 0 aliphatic rings. The van der Waals surface area contributed by atoms with Gasteiger partial charge in [0.05, 0.1) is 6.20 Å². The molecule has 32 heavy (non-hydrogen) atoms. The topological polar surface area (TPSA) is 140 Å². The minimum absolute atomic E-state index is 0.112. The van der Waals surface area contributed by atoms with E-state index in [-0.39, 0.29) is 18.1 Å². The van der Waals surface area contributed by atoms with Crippen molar-refractivity contribution in [2.75, 3.05) is 0 Å². The van der Waals surface area contributed by atoms with Gasteiger partial charge in [-0.15, -0.1) is 4.91 Å². The first-order valence-corrected chi connectivity index (χ1v) is 9.38. The lowest BCUT2D eigenvalue weighted by Gasteiger charge is -2.14. The highest BCUT2D eigenvalue weighted by Crippen LogP contribution is 2.32. The van der Waals surface area contributed by atoms with E-state index in [1.54, 1.807) is 17.1 Å². The lowest BCUT2D eigenvalue weighted by molar-refractivity contribution is 0.0684. The third-order valence-corrected chi connectivity index (χ3v) is 4.49. The average molecular weight is 433 g/mol. The molecular weight excluding hydrogens is 414 g/mol. The Morgan fingerprint density at radius 1 is 1.09 bits per heavy atom. The van der Waals surface area contributed by atoms with Gasteiger partial charge in [-0.2, -0.15) is 5.10 Å². The van der Waals surface area contributed by atoms with Crippen molar-refractivity contribution >= 4 is 5.97 Å². The molecule has 0 radical (unpaired) electrons. The Morgan fingerprint density at radius 3 is 2.47 bits per heavy atom. The molecule has 0 unspecified atom stereocenters. The lowest BCUT2D eigenvalue weighted by Crippen LogP contribution is -2.08. The molecule has 0 atom stereocenters. The number of pyridine rings is 2. The van der Waals surface area contributed by atoms with Crippen molar-refractivity contribution in [2.45, 2.75) is 13.5 Å². The molecule has 10 heteroatoms. The summed E-state index contributed by atoms with van der Waals surface area (Å²) in [4.78, 5) is 28.2. The Labute approximate surface area is 182 Å². The van der Waals surface area contributed by atoms with E-state index in [4.69, 9.17) is 14.9 Å². The van der Waals surface area contributed by atoms with Crippen LogP contribution in [0.2, 0.25) is 0 Å². The van der Waals surface area contributed by atoms with Crippen LogP contribution in [-0.4, -0.2) is 36.0 Å². The van der Waals surface area contributed by atoms with Crippen molar-refractivity contribution in [3.63, 3.8) is 0 Å². The van der Waals surface area contributed by atoms with Crippen molar-refractivity contribution in [3.8, 4) is 22.7 Å². The summed E-state index contributed by atoms with van der Waals surface area (Å²) in [6.07, 6.45) is 6.75. The van der Waals surface area contributed by atoms with Crippen LogP contribution in [0.4, 0.5) is 0 Å². The van der Waals surface area contributed by atoms with Crippen molar-refractivity contribution in [1.82, 2.24) is 19.7 Å². The third kappa shape index (κ3) is 5.11. The van der Waals surface area contributed by atoms with Gasteiger partial charge in [-0.05, 0) is 24.6 Å². The second-order valence-corrected chi connectivity index (χ2v) is 6.50. The van der Waals surface area contributed by atoms with Crippen molar-refractivity contribution in [1.29, 1.82) is 0 Å². The molecule has 0 saturated heterocycles. The summed E-state index contributed by atoms with van der Waals surface area (Å²) in [5.74, 6) is -0.191. The van der Waals surface area contributed by atoms with Crippen LogP contribution in [0, 0.1) is 11.8 Å². The molecule has 0 aliphatic heterocycles. The van der Waals surface area contributed by atoms with Gasteiger partial charge in [-0.1, -0.05) is 36.4 Å². The quantitative estimate of drug-likeness (QED) is 0.343. The summed E-state index contributed by atoms with van der Waals surface area (Å²) in [7, 11) is 0. The largest absolute Gasteiger partial charge is 0.486 e. The monoisotopic (exact) mass is 433 g/mol. The van der Waals surface area contributed by atoms with Crippen molar-refractivity contribution in [2.24, 2.45) is 5.34 Å². The number of carbonyl (C=O) groups is 1. The first-order valence-electron chi connectivity index (χ1n) is 9.38. The van der Waals surface area contributed by atoms with Crippen LogP contribution >= 0.6 is 0 Å². The van der Waals surface area contributed by atoms with Crippen LogP contribution < -0.4 is 4.74 Å². The zero-order chi connectivity index (χ0) is 22.9. The first-order chi connectivity index (χ1) is 15.5. The molecule has 0 spiro atoms. The molecule has 10 nitrogen and oxygen atoms in total. The summed E-state index contributed by atoms with van der Waals surface area (Å²) >= 11 is 0. The number of nitrogens with zero attached hydrogens (tertiary/aromatic N) is 5. The summed E-state index contributed by atoms with van der Waals surface area (Å²) in [5.41, 5.74) is 3.06. The predicted molar refractivity (Wildman–Crippen MR) is 115 cm³/mol. The normalized spacial score (nSPS) is 10.0. The molecule has 162 valence electrons. The lowest BCUT2D eigenvalue weighted by atomic mass is 10.0. The van der Waals surface area contributed by atoms with E-state index in [9.17, 15) is 9.90 Å². The highest BCUT2D eigenvalue weighted by Gasteiger charge is 2.20. The summed E-state index contributed by atoms with van der Waals surface area (Å²) < 4.78 is 7.54. The highest BCUT2D eigenvalue weighted by molar-refractivity contribution is 5.90. The van der Waals surface area contributed by atoms with E-state index in [1.165, 1.54) is 11.5 Å². The molecule has 1 aromatic carbocycles. The minimum Gasteiger partial charge on any atom is -0.486 e. The SMILES string of the molecule is Cc1c(-c2cnn(-c3ccccn3)c2)cnc(C(=O)O)c1OCc1ccccc1.O=NO. The van der Waals surface area contributed by atoms with E-state index in [2.05, 4.69) is 15.1 Å². The molecule has 2 N–H and O–H groups in total. The average Bonchev–Trinajstić information content (AvgIpc) is 3.30. The molecular formula is C22H19N5O5. The Balaban J connectivity index is 0.000000913. The van der Waals surface area contributed by atoms with Crippen LogP contribution in [0.5, 0.6) is 5.75 Å². The highest BCUT2D eigenvalue weighted by atomic mass is 16.6. The zero-order valence-corrected chi connectivity index (χ0v) is 17.0. The second kappa shape index (κ2) is 10.4. The van der Waals surface area contributed by atoms with E-state index in [0.717, 1.165) is 16.7 Å². The first kappa shape index (κ1) is 22.1. The molecule has 4 rings (SSSR count). The van der Waals surface area contributed by atoms with Gasteiger partial charge in [-0.25, -0.2) is 19.4 Å². The van der Waals surface area contributed by atoms with Gasteiger partial charge in [0.15, 0.2) is 22.6 Å². The van der Waals surface area contributed by atoms with E-state index in [1.807, 2.05) is 61.7 Å². The van der Waals surface area contributed by atoms with Crippen LogP contribution in [0.1, 0.15) is 21.6 Å². The molecule has 3 heterocycles. The number of hydrogen-bond donors (Lipinski definition) is 2. The Kier molecular flexibility index (Phi) is 7.20. The number of aromatic carboxylic acids is 1. The molecule has 4 aromatic rings. The number of aromatic nitrogens is 4. The van der Waals surface area contributed by atoms with E-state index >= 15 is 0 Å². The van der Waals surface area contributed by atoms with Gasteiger partial charge in [-0.3, -0.25) is 0 Å². The maximum atomic E-state index is 11.7. The zero-order valence-electron chi connectivity index (χ0n) is 17.0. The summed E-state index contributed by atoms with van der Waals surface area (Å²) in [6.45, 7) is 2.07. The molecule has 0 bridgehead atoms. The van der Waals surface area contributed by atoms with E-state index < -0.39 is 5.97 Å². The summed E-state index contributed by atoms with van der Waals surface area (Å²) in [5, 5.41) is 21.8. The van der Waals surface area contributed by atoms with Crippen molar-refractivity contribution < 1.29 is 19.8 Å². The smallest absolute Gasteiger partial charge is 0.358 e. The van der Waals surface area contributed by atoms with Crippen LogP contribution in [0.15, 0.2) is 78.7 Å². The molecule has 3 aromatic heterocycles. The molecule has 0 fully saturated rings. The van der Waals surface area contributed by atoms with Crippen LogP contribution in [0.3, 0.4) is 0 Å². The predicted octanol–water partition coefficient (Wildman–Crippen LogP) is 4.06. The fourth-order valence-corrected chi connectivity index (χ4v) is 3.01. The van der Waals surface area contributed by atoms with Crippen LogP contribution in [-0.2, 0) is 6.61 Å². The summed E-state index contributed by atoms with van der Waals surface area (Å²) in [6, 6.07) is 15.1. The third-order valence-electron chi connectivity index (χ3n) is 4.49. The van der Waals surface area contributed by atoms with Gasteiger partial charge in [0.2, 0.25) is 0 Å². The number of rotatable bonds is 6. The van der Waals surface area contributed by atoms with Gasteiger partial charge in [0.25, 0.3) is 0 Å². The van der Waals surface area contributed by atoms with E-state index in [0.29, 0.717) is 11.4 Å². The second-order valence-electron chi connectivity index (χ2n) is 6.50. The maximum Gasteiger partial charge on any atom is 0.358 e. The van der Waals surface area contributed by atoms with Gasteiger partial charge < -0.3 is 15.1 Å². The minimum atomic E-state index is -1.13. The standard InChI is InChI=1S/C22H18N4O3.HNO2/c1-15-18(17-11-25-26(13-17)19-9-5-6-10-23-19)12-24-20(22(27)28)21(15)29-14-16-7-3-2-4-8-16;2-1-3/h2-13H,14H2,1H3,(H,27,28);(H,2,3). The Bertz CT molecular complexity index is 1200. The number of ether oxygens (including phenoxy) is 1. The maximum absolute atomic E-state index is 11.7. The Morgan fingerprint density at radius 2 is 1.81 bits per heavy atom.